The van der Waals surface area contributed by atoms with Crippen molar-refractivity contribution in [2.75, 3.05) is 19.8 Å². The molecule has 0 spiro atoms. The van der Waals surface area contributed by atoms with E-state index in [1.54, 1.807) is 34.6 Å². The Balaban J connectivity index is 2.63. The van der Waals surface area contributed by atoms with Crippen LogP contribution in [-0.2, 0) is 19.6 Å². The number of carbonyl (C=O) groups excluding carboxylic acids is 1. The third kappa shape index (κ3) is 5.81. The fourth-order valence-corrected chi connectivity index (χ4v) is 5.18. The lowest BCUT2D eigenvalue weighted by atomic mass is 9.92. The summed E-state index contributed by atoms with van der Waals surface area (Å²) in [5.41, 5.74) is -0.354. The molecule has 0 fully saturated rings. The van der Waals surface area contributed by atoms with Crippen LogP contribution in [0.2, 0.25) is 0 Å². The Labute approximate surface area is 199 Å². The maximum absolute atomic E-state index is 13.6. The molecule has 12 heteroatoms. The first-order valence-electron chi connectivity index (χ1n) is 10.6. The normalized spacial score (nSPS) is 19.3. The van der Waals surface area contributed by atoms with Crippen molar-refractivity contribution in [1.82, 2.24) is 9.37 Å². The Bertz CT molecular complexity index is 1080. The third-order valence-corrected chi connectivity index (χ3v) is 7.05. The number of benzene rings is 1. The van der Waals surface area contributed by atoms with Gasteiger partial charge in [-0.25, -0.2) is 13.2 Å². The zero-order valence-corrected chi connectivity index (χ0v) is 20.7. The van der Waals surface area contributed by atoms with Gasteiger partial charge in [0.1, 0.15) is 5.60 Å². The SMILES string of the molecule is C=CCON([C@H]1CN(C(=O)OC(C)(C)C)[C@H](CO)C(C)=C1C)S(=O)(=O)c1ccccc1[N+](=O)[O-]. The molecule has 1 N–H and O–H groups in total. The Hall–Kier alpha value is -2.80. The molecule has 188 valence electrons. The van der Waals surface area contributed by atoms with Gasteiger partial charge < -0.3 is 9.84 Å². The standard InChI is InChI=1S/C22H31N3O8S/c1-7-12-32-25(34(30,31)20-11-9-8-10-17(20)24(28)29)18-13-23(21(27)33-22(4,5)6)19(14-26)16(3)15(18)2/h7-11,18-19,26H,1,12-14H2,2-6H3/t18-,19+/m0/s1. The van der Waals surface area contributed by atoms with Crippen LogP contribution >= 0.6 is 0 Å². The predicted molar refractivity (Wildman–Crippen MR) is 124 cm³/mol. The minimum atomic E-state index is -4.57. The number of aliphatic hydroxyl groups excluding tert-OH is 1. The summed E-state index contributed by atoms with van der Waals surface area (Å²) in [6.45, 7) is 11.1. The predicted octanol–water partition coefficient (Wildman–Crippen LogP) is 3.02. The van der Waals surface area contributed by atoms with E-state index in [9.17, 15) is 28.4 Å². The van der Waals surface area contributed by atoms with Crippen molar-refractivity contribution in [3.05, 3.63) is 58.2 Å². The molecule has 0 bridgehead atoms. The molecular weight excluding hydrogens is 466 g/mol. The van der Waals surface area contributed by atoms with Crippen LogP contribution in [0, 0.1) is 10.1 Å². The molecule has 0 saturated carbocycles. The van der Waals surface area contributed by atoms with E-state index < -0.39 is 55.9 Å². The average molecular weight is 498 g/mol. The van der Waals surface area contributed by atoms with Crippen molar-refractivity contribution in [2.24, 2.45) is 0 Å². The minimum Gasteiger partial charge on any atom is -0.444 e. The van der Waals surface area contributed by atoms with Crippen LogP contribution in [0.5, 0.6) is 0 Å². The molecule has 34 heavy (non-hydrogen) atoms. The Morgan fingerprint density at radius 3 is 2.47 bits per heavy atom. The number of amides is 1. The van der Waals surface area contributed by atoms with Crippen molar-refractivity contribution in [2.45, 2.75) is 57.2 Å². The van der Waals surface area contributed by atoms with Gasteiger partial charge in [0.2, 0.25) is 0 Å². The first kappa shape index (κ1) is 27.4. The average Bonchev–Trinajstić information content (AvgIpc) is 2.75. The molecule has 0 unspecified atom stereocenters. The highest BCUT2D eigenvalue weighted by atomic mass is 32.2. The van der Waals surface area contributed by atoms with Gasteiger partial charge in [-0.15, -0.1) is 6.58 Å². The molecule has 0 aromatic heterocycles. The number of nitrogens with zero attached hydrogens (tertiary/aromatic N) is 3. The van der Waals surface area contributed by atoms with Crippen LogP contribution in [0.15, 0.2) is 53.0 Å². The number of hydrogen-bond donors (Lipinski definition) is 1. The Morgan fingerprint density at radius 2 is 1.94 bits per heavy atom. The number of hydrogen-bond acceptors (Lipinski definition) is 8. The first-order chi connectivity index (χ1) is 15.8. The maximum atomic E-state index is 13.6. The van der Waals surface area contributed by atoms with E-state index in [2.05, 4.69) is 6.58 Å². The number of nitro benzene ring substituents is 1. The van der Waals surface area contributed by atoms with Crippen LogP contribution in [0.3, 0.4) is 0 Å². The fraction of sp³-hybridized carbons (Fsp3) is 0.500. The summed E-state index contributed by atoms with van der Waals surface area (Å²) in [7, 11) is -4.57. The van der Waals surface area contributed by atoms with Crippen LogP contribution in [0.4, 0.5) is 10.5 Å². The highest BCUT2D eigenvalue weighted by molar-refractivity contribution is 7.89. The lowest BCUT2D eigenvalue weighted by Gasteiger charge is -2.43. The van der Waals surface area contributed by atoms with Gasteiger partial charge in [0.05, 0.1) is 30.2 Å². The van der Waals surface area contributed by atoms with Crippen molar-refractivity contribution in [3.8, 4) is 0 Å². The highest BCUT2D eigenvalue weighted by Crippen LogP contribution is 2.34. The van der Waals surface area contributed by atoms with E-state index in [-0.39, 0.29) is 13.2 Å². The van der Waals surface area contributed by atoms with Gasteiger partial charge in [-0.05, 0) is 51.8 Å². The topological polar surface area (TPSA) is 140 Å². The molecule has 0 aliphatic carbocycles. The lowest BCUT2D eigenvalue weighted by molar-refractivity contribution is -0.388. The van der Waals surface area contributed by atoms with Gasteiger partial charge in [-0.1, -0.05) is 22.7 Å². The van der Waals surface area contributed by atoms with Crippen LogP contribution in [0.25, 0.3) is 0 Å². The van der Waals surface area contributed by atoms with E-state index in [0.29, 0.717) is 15.6 Å². The van der Waals surface area contributed by atoms with Crippen LogP contribution in [0.1, 0.15) is 34.6 Å². The lowest BCUT2D eigenvalue weighted by Crippen LogP contribution is -2.57. The summed E-state index contributed by atoms with van der Waals surface area (Å²) in [6, 6.07) is 3.16. The molecule has 1 aromatic carbocycles. The van der Waals surface area contributed by atoms with Crippen LogP contribution in [-0.4, -0.2) is 71.4 Å². The molecule has 0 radical (unpaired) electrons. The number of para-hydroxylation sites is 1. The summed E-state index contributed by atoms with van der Waals surface area (Å²) in [4.78, 5) is 29.9. The zero-order valence-electron chi connectivity index (χ0n) is 19.9. The summed E-state index contributed by atoms with van der Waals surface area (Å²) < 4.78 is 33.4. The van der Waals surface area contributed by atoms with Crippen molar-refractivity contribution in [3.63, 3.8) is 0 Å². The monoisotopic (exact) mass is 497 g/mol. The Kier molecular flexibility index (Phi) is 8.59. The fourth-order valence-electron chi connectivity index (χ4n) is 3.57. The van der Waals surface area contributed by atoms with Gasteiger partial charge in [0.25, 0.3) is 15.7 Å². The van der Waals surface area contributed by atoms with Gasteiger partial charge in [0.15, 0.2) is 4.90 Å². The second-order valence-corrected chi connectivity index (χ2v) is 10.5. The highest BCUT2D eigenvalue weighted by Gasteiger charge is 2.44. The molecule has 1 amide bonds. The molecule has 2 rings (SSSR count). The maximum Gasteiger partial charge on any atom is 0.410 e. The van der Waals surface area contributed by atoms with Crippen LogP contribution < -0.4 is 0 Å². The molecular formula is C22H31N3O8S. The van der Waals surface area contributed by atoms with E-state index >= 15 is 0 Å². The van der Waals surface area contributed by atoms with E-state index in [1.807, 2.05) is 0 Å². The smallest absolute Gasteiger partial charge is 0.410 e. The molecule has 1 aliphatic heterocycles. The van der Waals surface area contributed by atoms with Crippen molar-refractivity contribution in [1.29, 1.82) is 0 Å². The number of ether oxygens (including phenoxy) is 1. The number of nitro groups is 1. The summed E-state index contributed by atoms with van der Waals surface area (Å²) >= 11 is 0. The van der Waals surface area contributed by atoms with E-state index in [4.69, 9.17) is 9.57 Å². The molecule has 1 aromatic rings. The second kappa shape index (κ2) is 10.6. The van der Waals surface area contributed by atoms with Gasteiger partial charge >= 0.3 is 6.09 Å². The van der Waals surface area contributed by atoms with Gasteiger partial charge in [-0.3, -0.25) is 19.9 Å². The summed E-state index contributed by atoms with van der Waals surface area (Å²) in [6.07, 6.45) is 0.592. The number of hydroxylamine groups is 1. The molecule has 11 nitrogen and oxygen atoms in total. The largest absolute Gasteiger partial charge is 0.444 e. The Morgan fingerprint density at radius 1 is 1.32 bits per heavy atom. The van der Waals surface area contributed by atoms with Gasteiger partial charge in [0, 0.05) is 12.6 Å². The number of sulfonamides is 1. The molecule has 1 aliphatic rings. The second-order valence-electron chi connectivity index (χ2n) is 8.78. The first-order valence-corrected chi connectivity index (χ1v) is 12.0. The van der Waals surface area contributed by atoms with E-state index in [1.165, 1.54) is 23.1 Å². The third-order valence-electron chi connectivity index (χ3n) is 5.32. The van der Waals surface area contributed by atoms with Gasteiger partial charge in [-0.2, -0.15) is 0 Å². The van der Waals surface area contributed by atoms with E-state index in [0.717, 1.165) is 12.1 Å². The quantitative estimate of drug-likeness (QED) is 0.328. The molecule has 0 saturated heterocycles. The minimum absolute atomic E-state index is 0.208. The molecule has 1 heterocycles. The number of aliphatic hydroxyl groups is 1. The number of carbonyl (C=O) groups is 1. The summed E-state index contributed by atoms with van der Waals surface area (Å²) in [5.74, 6) is 0. The van der Waals surface area contributed by atoms with Crippen molar-refractivity contribution < 1.29 is 32.8 Å². The number of rotatable bonds is 8. The molecule has 2 atom stereocenters. The zero-order chi connectivity index (χ0) is 25.8. The van der Waals surface area contributed by atoms with Crippen molar-refractivity contribution >= 4 is 21.8 Å². The summed E-state index contributed by atoms with van der Waals surface area (Å²) in [5, 5.41) is 21.5.